The highest BCUT2D eigenvalue weighted by Crippen LogP contribution is 2.41. The van der Waals surface area contributed by atoms with Crippen LogP contribution in [0.25, 0.3) is 0 Å². The summed E-state index contributed by atoms with van der Waals surface area (Å²) in [6.07, 6.45) is 0. The van der Waals surface area contributed by atoms with Crippen LogP contribution >= 0.6 is 0 Å². The van der Waals surface area contributed by atoms with Crippen molar-refractivity contribution in [2.24, 2.45) is 0 Å². The molecule has 0 amide bonds. The second-order valence-corrected chi connectivity index (χ2v) is 11.3. The van der Waals surface area contributed by atoms with Crippen LogP contribution in [0.15, 0.2) is 103 Å². The maximum atomic E-state index is 2.44. The number of hydrogen-bond donors (Lipinski definition) is 0. The van der Waals surface area contributed by atoms with E-state index in [9.17, 15) is 0 Å². The van der Waals surface area contributed by atoms with Crippen LogP contribution in [0.5, 0.6) is 0 Å². The first-order valence-electron chi connectivity index (χ1n) is 12.4. The third-order valence-electron chi connectivity index (χ3n) is 7.86. The Hall–Kier alpha value is -3.12. The van der Waals surface area contributed by atoms with E-state index in [-0.39, 0.29) is 16.2 Å². The number of hydrogen-bond acceptors (Lipinski definition) is 0. The molecule has 174 valence electrons. The Kier molecular flexibility index (Phi) is 6.30. The van der Waals surface area contributed by atoms with Crippen LogP contribution in [0, 0.1) is 6.92 Å². The molecule has 0 aliphatic rings. The fourth-order valence-electron chi connectivity index (χ4n) is 4.89. The highest BCUT2D eigenvalue weighted by Gasteiger charge is 2.32. The molecular weight excluding hydrogens is 408 g/mol. The van der Waals surface area contributed by atoms with Gasteiger partial charge in [-0.05, 0) is 40.3 Å². The fourth-order valence-corrected chi connectivity index (χ4v) is 4.89. The van der Waals surface area contributed by atoms with E-state index in [1.807, 2.05) is 0 Å². The van der Waals surface area contributed by atoms with E-state index in [1.165, 1.54) is 38.9 Å². The van der Waals surface area contributed by atoms with E-state index < -0.39 is 0 Å². The summed E-state index contributed by atoms with van der Waals surface area (Å²) in [4.78, 5) is 0. The van der Waals surface area contributed by atoms with Gasteiger partial charge in [0.2, 0.25) is 0 Å². The highest BCUT2D eigenvalue weighted by molar-refractivity contribution is 5.50. The first-order chi connectivity index (χ1) is 16.0. The Bertz CT molecular complexity index is 1170. The zero-order valence-electron chi connectivity index (χ0n) is 21.8. The number of aryl methyl sites for hydroxylation is 1. The Morgan fingerprint density at radius 2 is 0.647 bits per heavy atom. The van der Waals surface area contributed by atoms with Crippen LogP contribution in [0.2, 0.25) is 0 Å². The molecule has 0 heteroatoms. The molecule has 4 rings (SSSR count). The minimum atomic E-state index is -0.113. The molecule has 4 aromatic carbocycles. The predicted octanol–water partition coefficient (Wildman–Crippen LogP) is 8.97. The van der Waals surface area contributed by atoms with Gasteiger partial charge in [-0.3, -0.25) is 0 Å². The first kappa shape index (κ1) is 24.0. The summed E-state index contributed by atoms with van der Waals surface area (Å²) in [6.45, 7) is 16.2. The molecule has 0 radical (unpaired) electrons. The highest BCUT2D eigenvalue weighted by atomic mass is 14.4. The van der Waals surface area contributed by atoms with Crippen molar-refractivity contribution >= 4 is 0 Å². The minimum absolute atomic E-state index is 0.109. The van der Waals surface area contributed by atoms with Crippen LogP contribution in [0.3, 0.4) is 0 Å². The van der Waals surface area contributed by atoms with Gasteiger partial charge in [-0.15, -0.1) is 0 Å². The number of rotatable bonds is 6. The first-order valence-corrected chi connectivity index (χ1v) is 12.4. The molecule has 0 aromatic heterocycles. The van der Waals surface area contributed by atoms with Crippen molar-refractivity contribution in [2.75, 3.05) is 0 Å². The van der Waals surface area contributed by atoms with Crippen molar-refractivity contribution in [1.29, 1.82) is 0 Å². The Labute approximate surface area is 206 Å². The normalized spacial score (nSPS) is 12.6. The van der Waals surface area contributed by atoms with Gasteiger partial charge in [0.25, 0.3) is 0 Å². The van der Waals surface area contributed by atoms with Crippen molar-refractivity contribution < 1.29 is 0 Å². The van der Waals surface area contributed by atoms with Crippen molar-refractivity contribution in [3.05, 3.63) is 142 Å². The molecule has 4 aromatic rings. The molecule has 0 unspecified atom stereocenters. The largest absolute Gasteiger partial charge is 0.0622 e. The summed E-state index contributed by atoms with van der Waals surface area (Å²) in [5.74, 6) is 0. The topological polar surface area (TPSA) is 0 Å². The van der Waals surface area contributed by atoms with Gasteiger partial charge < -0.3 is 0 Å². The summed E-state index contributed by atoms with van der Waals surface area (Å²) < 4.78 is 0. The van der Waals surface area contributed by atoms with Crippen molar-refractivity contribution in [3.63, 3.8) is 0 Å². The molecule has 0 N–H and O–H groups in total. The predicted molar refractivity (Wildman–Crippen MR) is 147 cm³/mol. The van der Waals surface area contributed by atoms with Crippen LogP contribution in [-0.2, 0) is 16.2 Å². The minimum Gasteiger partial charge on any atom is -0.0622 e. The zero-order valence-corrected chi connectivity index (χ0v) is 21.8. The lowest BCUT2D eigenvalue weighted by Crippen LogP contribution is -2.26. The van der Waals surface area contributed by atoms with Gasteiger partial charge in [0.15, 0.2) is 0 Å². The van der Waals surface area contributed by atoms with E-state index in [0.717, 1.165) is 0 Å². The van der Waals surface area contributed by atoms with E-state index in [2.05, 4.69) is 152 Å². The molecule has 0 nitrogen and oxygen atoms in total. The van der Waals surface area contributed by atoms with Crippen molar-refractivity contribution in [2.45, 2.75) is 64.7 Å². The Morgan fingerprint density at radius 1 is 0.353 bits per heavy atom. The summed E-state index contributed by atoms with van der Waals surface area (Å²) in [5, 5.41) is 0. The standard InChI is InChI=1S/C34H38/c1-25-18-20-28(21-19-25)34(6,7)31-23-29(32(2,3)26-14-10-8-11-15-26)22-30(24-31)33(4,5)27-16-12-9-13-17-27/h8-24H,1-7H3. The second-order valence-electron chi connectivity index (χ2n) is 11.3. The molecule has 0 saturated heterocycles. The average Bonchev–Trinajstić information content (AvgIpc) is 2.85. The number of benzene rings is 4. The lowest BCUT2D eigenvalue weighted by Gasteiger charge is -2.35. The molecule has 0 saturated carbocycles. The Morgan fingerprint density at radius 3 is 0.971 bits per heavy atom. The lowest BCUT2D eigenvalue weighted by molar-refractivity contribution is 0.595. The SMILES string of the molecule is Cc1ccc(C(C)(C)c2cc(C(C)(C)c3ccccc3)cc(C(C)(C)c3ccccc3)c2)cc1. The molecular formula is C34H38. The molecule has 0 aliphatic heterocycles. The van der Waals surface area contributed by atoms with Crippen LogP contribution in [0.1, 0.15) is 80.5 Å². The maximum Gasteiger partial charge on any atom is 0.0146 e. The Balaban J connectivity index is 1.94. The monoisotopic (exact) mass is 446 g/mol. The lowest BCUT2D eigenvalue weighted by atomic mass is 9.69. The van der Waals surface area contributed by atoms with Gasteiger partial charge in [-0.2, -0.15) is 0 Å². The fraction of sp³-hybridized carbons (Fsp3) is 0.294. The summed E-state index contributed by atoms with van der Waals surface area (Å²) in [5.41, 5.74) is 9.05. The zero-order chi connectivity index (χ0) is 24.6. The van der Waals surface area contributed by atoms with Gasteiger partial charge in [-0.1, -0.05) is 150 Å². The van der Waals surface area contributed by atoms with E-state index in [0.29, 0.717) is 0 Å². The van der Waals surface area contributed by atoms with Crippen LogP contribution in [-0.4, -0.2) is 0 Å². The molecule has 0 heterocycles. The summed E-state index contributed by atoms with van der Waals surface area (Å²) >= 11 is 0. The molecule has 0 aliphatic carbocycles. The quantitative estimate of drug-likeness (QED) is 0.277. The van der Waals surface area contributed by atoms with Crippen molar-refractivity contribution in [1.82, 2.24) is 0 Å². The molecule has 0 fully saturated rings. The van der Waals surface area contributed by atoms with Crippen LogP contribution in [0.4, 0.5) is 0 Å². The molecule has 0 atom stereocenters. The van der Waals surface area contributed by atoms with Gasteiger partial charge in [-0.25, -0.2) is 0 Å². The van der Waals surface area contributed by atoms with Gasteiger partial charge in [0.1, 0.15) is 0 Å². The second kappa shape index (κ2) is 8.91. The van der Waals surface area contributed by atoms with Gasteiger partial charge in [0.05, 0.1) is 0 Å². The molecule has 34 heavy (non-hydrogen) atoms. The maximum absolute atomic E-state index is 2.44. The third-order valence-corrected chi connectivity index (χ3v) is 7.86. The van der Waals surface area contributed by atoms with E-state index in [4.69, 9.17) is 0 Å². The molecule has 0 bridgehead atoms. The van der Waals surface area contributed by atoms with E-state index >= 15 is 0 Å². The van der Waals surface area contributed by atoms with Crippen molar-refractivity contribution in [3.8, 4) is 0 Å². The van der Waals surface area contributed by atoms with Gasteiger partial charge >= 0.3 is 0 Å². The smallest absolute Gasteiger partial charge is 0.0146 e. The van der Waals surface area contributed by atoms with Gasteiger partial charge in [0, 0.05) is 16.2 Å². The van der Waals surface area contributed by atoms with E-state index in [1.54, 1.807) is 0 Å². The third kappa shape index (κ3) is 4.47. The summed E-state index contributed by atoms with van der Waals surface area (Å²) in [7, 11) is 0. The summed E-state index contributed by atoms with van der Waals surface area (Å²) in [6, 6.07) is 38.1. The average molecular weight is 447 g/mol. The van der Waals surface area contributed by atoms with Crippen LogP contribution < -0.4 is 0 Å². The molecule has 0 spiro atoms.